The van der Waals surface area contributed by atoms with E-state index in [-0.39, 0.29) is 0 Å². The fourth-order valence-electron chi connectivity index (χ4n) is 2.38. The van der Waals surface area contributed by atoms with Gasteiger partial charge in [0.25, 0.3) is 0 Å². The number of aromatic nitrogens is 2. The molecule has 0 aliphatic carbocycles. The van der Waals surface area contributed by atoms with Gasteiger partial charge in [-0.3, -0.25) is 4.68 Å². The highest BCUT2D eigenvalue weighted by atomic mass is 32.2. The van der Waals surface area contributed by atoms with Crippen LogP contribution in [0, 0.1) is 6.92 Å². The van der Waals surface area contributed by atoms with Crippen molar-refractivity contribution in [1.29, 1.82) is 0 Å². The lowest BCUT2D eigenvalue weighted by atomic mass is 10.3. The van der Waals surface area contributed by atoms with E-state index in [4.69, 9.17) is 0 Å². The summed E-state index contributed by atoms with van der Waals surface area (Å²) in [7, 11) is -1.63. The van der Waals surface area contributed by atoms with Crippen LogP contribution in [0.25, 0.3) is 0 Å². The van der Waals surface area contributed by atoms with Crippen molar-refractivity contribution in [2.24, 2.45) is 7.05 Å². The lowest BCUT2D eigenvalue weighted by molar-refractivity contribution is 0.188. The van der Waals surface area contributed by atoms with Crippen molar-refractivity contribution in [3.8, 4) is 0 Å². The maximum atomic E-state index is 12.5. The van der Waals surface area contributed by atoms with Crippen molar-refractivity contribution in [2.75, 3.05) is 32.7 Å². The fraction of sp³-hybridized carbons (Fsp3) is 0.750. The van der Waals surface area contributed by atoms with Crippen LogP contribution in [0.3, 0.4) is 0 Å². The molecule has 1 aliphatic rings. The summed E-state index contributed by atoms with van der Waals surface area (Å²) in [5.41, 5.74) is 0.691. The van der Waals surface area contributed by atoms with Crippen molar-refractivity contribution < 1.29 is 8.42 Å². The topological polar surface area (TPSA) is 58.4 Å². The molecule has 0 aromatic carbocycles. The minimum Gasteiger partial charge on any atom is -0.301 e. The van der Waals surface area contributed by atoms with Crippen LogP contribution >= 0.6 is 0 Å². The van der Waals surface area contributed by atoms with E-state index in [0.717, 1.165) is 26.1 Å². The second-order valence-electron chi connectivity index (χ2n) is 4.96. The standard InChI is InChI=1S/C12H22N4O2S/c1-4-5-15-6-8-16(9-7-15)19(17,18)12-10-13-14(3)11(12)2/h10H,4-9H2,1-3H3. The monoisotopic (exact) mass is 286 g/mol. The molecule has 2 rings (SSSR count). The van der Waals surface area contributed by atoms with Gasteiger partial charge in [-0.2, -0.15) is 9.40 Å². The molecule has 7 heteroatoms. The first-order valence-corrected chi connectivity index (χ1v) is 8.12. The molecule has 0 N–H and O–H groups in total. The van der Waals surface area contributed by atoms with Crippen LogP contribution in [-0.4, -0.2) is 60.1 Å². The Morgan fingerprint density at radius 2 is 1.89 bits per heavy atom. The van der Waals surface area contributed by atoms with Crippen molar-refractivity contribution in [1.82, 2.24) is 19.0 Å². The Bertz CT molecular complexity index is 530. The Morgan fingerprint density at radius 1 is 1.26 bits per heavy atom. The fourth-order valence-corrected chi connectivity index (χ4v) is 3.99. The van der Waals surface area contributed by atoms with Crippen LogP contribution in [0.5, 0.6) is 0 Å². The van der Waals surface area contributed by atoms with Gasteiger partial charge < -0.3 is 4.90 Å². The smallest absolute Gasteiger partial charge is 0.246 e. The van der Waals surface area contributed by atoms with Gasteiger partial charge in [0.15, 0.2) is 0 Å². The van der Waals surface area contributed by atoms with E-state index in [1.54, 1.807) is 23.0 Å². The van der Waals surface area contributed by atoms with Gasteiger partial charge in [-0.1, -0.05) is 6.92 Å². The van der Waals surface area contributed by atoms with Gasteiger partial charge in [0.2, 0.25) is 10.0 Å². The zero-order valence-electron chi connectivity index (χ0n) is 11.8. The highest BCUT2D eigenvalue weighted by Crippen LogP contribution is 2.20. The van der Waals surface area contributed by atoms with Crippen molar-refractivity contribution in [3.05, 3.63) is 11.9 Å². The summed E-state index contributed by atoms with van der Waals surface area (Å²) < 4.78 is 28.3. The summed E-state index contributed by atoms with van der Waals surface area (Å²) in [4.78, 5) is 2.64. The van der Waals surface area contributed by atoms with Crippen molar-refractivity contribution in [3.63, 3.8) is 0 Å². The first-order valence-electron chi connectivity index (χ1n) is 6.68. The molecular weight excluding hydrogens is 264 g/mol. The number of hydrogen-bond donors (Lipinski definition) is 0. The first-order chi connectivity index (χ1) is 8.96. The SMILES string of the molecule is CCCN1CCN(S(=O)(=O)c2cnn(C)c2C)CC1. The average Bonchev–Trinajstić information content (AvgIpc) is 2.72. The summed E-state index contributed by atoms with van der Waals surface area (Å²) in [5.74, 6) is 0. The Morgan fingerprint density at radius 3 is 2.37 bits per heavy atom. The zero-order valence-corrected chi connectivity index (χ0v) is 12.7. The molecule has 0 radical (unpaired) electrons. The Balaban J connectivity index is 2.12. The zero-order chi connectivity index (χ0) is 14.0. The minimum absolute atomic E-state index is 0.332. The van der Waals surface area contributed by atoms with E-state index in [9.17, 15) is 8.42 Å². The summed E-state index contributed by atoms with van der Waals surface area (Å²) in [5, 5.41) is 4.02. The molecule has 1 aliphatic heterocycles. The van der Waals surface area contributed by atoms with Crippen LogP contribution in [0.4, 0.5) is 0 Å². The second-order valence-corrected chi connectivity index (χ2v) is 6.87. The second kappa shape index (κ2) is 5.60. The molecule has 1 saturated heterocycles. The van der Waals surface area contributed by atoms with Gasteiger partial charge in [-0.15, -0.1) is 0 Å². The number of rotatable bonds is 4. The summed E-state index contributed by atoms with van der Waals surface area (Å²) in [6.45, 7) is 7.72. The molecule has 108 valence electrons. The molecule has 1 aromatic heterocycles. The van der Waals surface area contributed by atoms with Gasteiger partial charge in [-0.25, -0.2) is 8.42 Å². The molecule has 0 spiro atoms. The molecule has 6 nitrogen and oxygen atoms in total. The molecule has 2 heterocycles. The molecule has 1 fully saturated rings. The van der Waals surface area contributed by atoms with Gasteiger partial charge in [0.1, 0.15) is 4.90 Å². The van der Waals surface area contributed by atoms with Crippen LogP contribution in [0.2, 0.25) is 0 Å². The summed E-state index contributed by atoms with van der Waals surface area (Å²) in [6, 6.07) is 0. The molecule has 0 unspecified atom stereocenters. The van der Waals surface area contributed by atoms with Crippen LogP contribution in [0.1, 0.15) is 19.0 Å². The molecular formula is C12H22N4O2S. The third-order valence-corrected chi connectivity index (χ3v) is 5.68. The van der Waals surface area contributed by atoms with Crippen LogP contribution in [-0.2, 0) is 17.1 Å². The van der Waals surface area contributed by atoms with Gasteiger partial charge in [0.05, 0.1) is 11.9 Å². The van der Waals surface area contributed by atoms with E-state index in [1.165, 1.54) is 6.20 Å². The minimum atomic E-state index is -3.39. The third-order valence-electron chi connectivity index (χ3n) is 3.68. The Labute approximate surface area is 115 Å². The van der Waals surface area contributed by atoms with E-state index in [0.29, 0.717) is 23.7 Å². The van der Waals surface area contributed by atoms with Crippen molar-refractivity contribution in [2.45, 2.75) is 25.2 Å². The van der Waals surface area contributed by atoms with Gasteiger partial charge in [-0.05, 0) is 19.9 Å². The number of aryl methyl sites for hydroxylation is 1. The van der Waals surface area contributed by atoms with Gasteiger partial charge >= 0.3 is 0 Å². The summed E-state index contributed by atoms with van der Waals surface area (Å²) >= 11 is 0. The maximum Gasteiger partial charge on any atom is 0.246 e. The van der Waals surface area contributed by atoms with Gasteiger partial charge in [0, 0.05) is 33.2 Å². The van der Waals surface area contributed by atoms with Crippen LogP contribution in [0.15, 0.2) is 11.1 Å². The molecule has 0 bridgehead atoms. The Kier molecular flexibility index (Phi) is 4.27. The van der Waals surface area contributed by atoms with E-state index < -0.39 is 10.0 Å². The maximum absolute atomic E-state index is 12.5. The number of nitrogens with zero attached hydrogens (tertiary/aromatic N) is 4. The molecule has 0 amide bonds. The highest BCUT2D eigenvalue weighted by molar-refractivity contribution is 7.89. The third kappa shape index (κ3) is 2.82. The first kappa shape index (κ1) is 14.5. The quantitative estimate of drug-likeness (QED) is 0.806. The highest BCUT2D eigenvalue weighted by Gasteiger charge is 2.30. The number of sulfonamides is 1. The lowest BCUT2D eigenvalue weighted by Gasteiger charge is -2.33. The largest absolute Gasteiger partial charge is 0.301 e. The van der Waals surface area contributed by atoms with E-state index in [2.05, 4.69) is 16.9 Å². The predicted molar refractivity (Wildman–Crippen MR) is 73.4 cm³/mol. The average molecular weight is 286 g/mol. The Hall–Kier alpha value is -0.920. The molecule has 19 heavy (non-hydrogen) atoms. The molecule has 0 saturated carbocycles. The molecule has 0 atom stereocenters. The number of hydrogen-bond acceptors (Lipinski definition) is 4. The van der Waals surface area contributed by atoms with Crippen molar-refractivity contribution >= 4 is 10.0 Å². The molecule has 1 aromatic rings. The van der Waals surface area contributed by atoms with E-state index >= 15 is 0 Å². The predicted octanol–water partition coefficient (Wildman–Crippen LogP) is 0.445. The lowest BCUT2D eigenvalue weighted by Crippen LogP contribution is -2.48. The number of piperazine rings is 1. The van der Waals surface area contributed by atoms with Crippen LogP contribution < -0.4 is 0 Å². The normalized spacial score (nSPS) is 18.9. The van der Waals surface area contributed by atoms with E-state index in [1.807, 2.05) is 0 Å². The summed E-state index contributed by atoms with van der Waals surface area (Å²) in [6.07, 6.45) is 2.55.